The van der Waals surface area contributed by atoms with Crippen molar-refractivity contribution in [1.82, 2.24) is 9.62 Å². The number of nitrogens with zero attached hydrogens (tertiary/aromatic N) is 1. The van der Waals surface area contributed by atoms with Gasteiger partial charge in [0.05, 0.1) is 9.92 Å². The highest BCUT2D eigenvalue weighted by molar-refractivity contribution is 9.10. The highest BCUT2D eigenvalue weighted by Gasteiger charge is 2.27. The van der Waals surface area contributed by atoms with Crippen molar-refractivity contribution >= 4 is 66.5 Å². The second-order valence-electron chi connectivity index (χ2n) is 7.48. The monoisotopic (exact) mass is 559 g/mol. The zero-order valence-corrected chi connectivity index (χ0v) is 21.3. The molecule has 2 aromatic rings. The summed E-state index contributed by atoms with van der Waals surface area (Å²) in [7, 11) is -3.52. The Hall–Kier alpha value is -1.72. The molecule has 0 aliphatic carbocycles. The molecule has 1 fully saturated rings. The molecule has 3 rings (SSSR count). The standard InChI is InChI=1S/C21H23BrClN3O4S2/c1-14-8-10-26(11-9-14)32(28,29)17-5-3-16(4-6-17)24-21(31)25-20(27)13-30-19-7-2-15(22)12-18(19)23/h2-7,12,14H,8-11,13H2,1H3,(H2,24,25,27,31). The van der Waals surface area contributed by atoms with Crippen LogP contribution in [0.5, 0.6) is 5.75 Å². The summed E-state index contributed by atoms with van der Waals surface area (Å²) < 4.78 is 33.3. The van der Waals surface area contributed by atoms with Crippen molar-refractivity contribution in [3.05, 3.63) is 52.0 Å². The second kappa shape index (κ2) is 10.9. The largest absolute Gasteiger partial charge is 0.482 e. The Kier molecular flexibility index (Phi) is 8.51. The Bertz CT molecular complexity index is 1090. The van der Waals surface area contributed by atoms with Crippen LogP contribution in [0.1, 0.15) is 19.8 Å². The fourth-order valence-electron chi connectivity index (χ4n) is 3.15. The van der Waals surface area contributed by atoms with Crippen molar-refractivity contribution in [2.75, 3.05) is 25.0 Å². The summed E-state index contributed by atoms with van der Waals surface area (Å²) in [6, 6.07) is 11.3. The van der Waals surface area contributed by atoms with E-state index in [2.05, 4.69) is 33.5 Å². The molecule has 0 spiro atoms. The zero-order valence-electron chi connectivity index (χ0n) is 17.3. The van der Waals surface area contributed by atoms with Crippen molar-refractivity contribution in [2.45, 2.75) is 24.7 Å². The summed E-state index contributed by atoms with van der Waals surface area (Å²) in [4.78, 5) is 12.3. The van der Waals surface area contributed by atoms with Crippen LogP contribution >= 0.6 is 39.7 Å². The molecule has 2 aromatic carbocycles. The van der Waals surface area contributed by atoms with E-state index in [0.717, 1.165) is 17.3 Å². The quantitative estimate of drug-likeness (QED) is 0.509. The first kappa shape index (κ1) is 24.9. The van der Waals surface area contributed by atoms with Crippen molar-refractivity contribution < 1.29 is 17.9 Å². The van der Waals surface area contributed by atoms with Gasteiger partial charge in [0.25, 0.3) is 5.91 Å². The molecule has 1 aliphatic rings. The van der Waals surface area contributed by atoms with Gasteiger partial charge in [-0.25, -0.2) is 8.42 Å². The minimum Gasteiger partial charge on any atom is -0.482 e. The fourth-order valence-corrected chi connectivity index (χ4v) is 5.57. The van der Waals surface area contributed by atoms with Gasteiger partial charge in [0.2, 0.25) is 10.0 Å². The van der Waals surface area contributed by atoms with Crippen LogP contribution in [0.2, 0.25) is 5.02 Å². The number of hydrogen-bond donors (Lipinski definition) is 2. The summed E-state index contributed by atoms with van der Waals surface area (Å²) in [5.74, 6) is 0.463. The first-order valence-electron chi connectivity index (χ1n) is 9.94. The fraction of sp³-hybridized carbons (Fsp3) is 0.333. The highest BCUT2D eigenvalue weighted by atomic mass is 79.9. The SMILES string of the molecule is CC1CCN(S(=O)(=O)c2ccc(NC(=S)NC(=O)COc3ccc(Br)cc3Cl)cc2)CC1. The van der Waals surface area contributed by atoms with Gasteiger partial charge < -0.3 is 10.1 Å². The van der Waals surface area contributed by atoms with Gasteiger partial charge in [-0.15, -0.1) is 0 Å². The Labute approximate surface area is 206 Å². The number of carbonyl (C=O) groups is 1. The Morgan fingerprint density at radius 3 is 2.50 bits per heavy atom. The van der Waals surface area contributed by atoms with Gasteiger partial charge in [-0.3, -0.25) is 10.1 Å². The average molecular weight is 561 g/mol. The number of ether oxygens (including phenoxy) is 1. The molecule has 1 heterocycles. The van der Waals surface area contributed by atoms with E-state index < -0.39 is 15.9 Å². The van der Waals surface area contributed by atoms with Crippen LogP contribution in [0.25, 0.3) is 0 Å². The Morgan fingerprint density at radius 2 is 1.88 bits per heavy atom. The van der Waals surface area contributed by atoms with Gasteiger partial charge in [-0.1, -0.05) is 34.5 Å². The van der Waals surface area contributed by atoms with E-state index in [0.29, 0.717) is 35.5 Å². The summed E-state index contributed by atoms with van der Waals surface area (Å²) in [5, 5.41) is 5.81. The molecule has 1 saturated heterocycles. The Balaban J connectivity index is 1.51. The van der Waals surface area contributed by atoms with Gasteiger partial charge in [0.15, 0.2) is 11.7 Å². The third-order valence-electron chi connectivity index (χ3n) is 5.00. The maximum atomic E-state index is 12.8. The molecule has 1 aliphatic heterocycles. The van der Waals surface area contributed by atoms with Crippen LogP contribution in [-0.2, 0) is 14.8 Å². The molecule has 0 bridgehead atoms. The number of thiocarbonyl (C=S) groups is 1. The van der Waals surface area contributed by atoms with E-state index in [1.807, 2.05) is 0 Å². The number of anilines is 1. The molecule has 1 amide bonds. The first-order valence-corrected chi connectivity index (χ1v) is 13.0. The molecule has 11 heteroatoms. The molecule has 0 radical (unpaired) electrons. The van der Waals surface area contributed by atoms with Crippen molar-refractivity contribution in [1.29, 1.82) is 0 Å². The maximum Gasteiger partial charge on any atom is 0.264 e. The topological polar surface area (TPSA) is 87.7 Å². The number of carbonyl (C=O) groups excluding carboxylic acids is 1. The molecule has 0 atom stereocenters. The van der Waals surface area contributed by atoms with Gasteiger partial charge >= 0.3 is 0 Å². The van der Waals surface area contributed by atoms with E-state index >= 15 is 0 Å². The van der Waals surface area contributed by atoms with Crippen LogP contribution in [0.4, 0.5) is 5.69 Å². The molecule has 0 aromatic heterocycles. The number of piperidine rings is 1. The number of sulfonamides is 1. The van der Waals surface area contributed by atoms with Gasteiger partial charge in [-0.2, -0.15) is 4.31 Å². The molecular formula is C21H23BrClN3O4S2. The van der Waals surface area contributed by atoms with Crippen LogP contribution < -0.4 is 15.4 Å². The van der Waals surface area contributed by atoms with E-state index in [4.69, 9.17) is 28.6 Å². The van der Waals surface area contributed by atoms with Gasteiger partial charge in [0.1, 0.15) is 5.75 Å². The van der Waals surface area contributed by atoms with Crippen molar-refractivity contribution in [3.8, 4) is 5.75 Å². The smallest absolute Gasteiger partial charge is 0.264 e. The minimum absolute atomic E-state index is 0.0705. The number of rotatable bonds is 6. The van der Waals surface area contributed by atoms with Crippen molar-refractivity contribution in [2.24, 2.45) is 5.92 Å². The predicted molar refractivity (Wildman–Crippen MR) is 133 cm³/mol. The number of benzene rings is 2. The van der Waals surface area contributed by atoms with Crippen LogP contribution in [0.3, 0.4) is 0 Å². The summed E-state index contributed by atoms with van der Waals surface area (Å²) in [6.45, 7) is 2.93. The molecule has 0 unspecified atom stereocenters. The molecule has 2 N–H and O–H groups in total. The molecular weight excluding hydrogens is 538 g/mol. The van der Waals surface area contributed by atoms with Gasteiger partial charge in [0, 0.05) is 23.2 Å². The number of amides is 1. The predicted octanol–water partition coefficient (Wildman–Crippen LogP) is 4.42. The number of hydrogen-bond acceptors (Lipinski definition) is 5. The third kappa shape index (κ3) is 6.64. The zero-order chi connectivity index (χ0) is 23.3. The van der Waals surface area contributed by atoms with Crippen LogP contribution in [0, 0.1) is 5.92 Å². The third-order valence-corrected chi connectivity index (χ3v) is 7.90. The van der Waals surface area contributed by atoms with Gasteiger partial charge in [-0.05, 0) is 73.4 Å². The lowest BCUT2D eigenvalue weighted by Gasteiger charge is -2.29. The lowest BCUT2D eigenvalue weighted by atomic mass is 10.0. The summed E-state index contributed by atoms with van der Waals surface area (Å²) in [5.41, 5.74) is 0.554. The van der Waals surface area contributed by atoms with E-state index in [9.17, 15) is 13.2 Å². The molecule has 7 nitrogen and oxygen atoms in total. The maximum absolute atomic E-state index is 12.8. The minimum atomic E-state index is -3.52. The highest BCUT2D eigenvalue weighted by Crippen LogP contribution is 2.27. The molecule has 32 heavy (non-hydrogen) atoms. The summed E-state index contributed by atoms with van der Waals surface area (Å²) in [6.07, 6.45) is 1.73. The van der Waals surface area contributed by atoms with Crippen LogP contribution in [0.15, 0.2) is 51.8 Å². The van der Waals surface area contributed by atoms with Crippen molar-refractivity contribution in [3.63, 3.8) is 0 Å². The normalized spacial score (nSPS) is 15.2. The van der Waals surface area contributed by atoms with E-state index in [1.165, 1.54) is 16.4 Å². The lowest BCUT2D eigenvalue weighted by molar-refractivity contribution is -0.121. The first-order chi connectivity index (χ1) is 15.1. The van der Waals surface area contributed by atoms with E-state index in [1.54, 1.807) is 30.3 Å². The Morgan fingerprint density at radius 1 is 1.22 bits per heavy atom. The molecule has 0 saturated carbocycles. The second-order valence-corrected chi connectivity index (χ2v) is 11.1. The average Bonchev–Trinajstić information content (AvgIpc) is 2.73. The lowest BCUT2D eigenvalue weighted by Crippen LogP contribution is -2.38. The van der Waals surface area contributed by atoms with E-state index in [-0.39, 0.29) is 16.6 Å². The summed E-state index contributed by atoms with van der Waals surface area (Å²) >= 11 is 14.5. The molecule has 172 valence electrons. The number of nitrogens with one attached hydrogen (secondary N) is 2. The number of halogens is 2. The van der Waals surface area contributed by atoms with Crippen LogP contribution in [-0.4, -0.2) is 43.4 Å².